The summed E-state index contributed by atoms with van der Waals surface area (Å²) in [7, 11) is 0. The summed E-state index contributed by atoms with van der Waals surface area (Å²) in [5, 5.41) is 4.27. The normalized spacial score (nSPS) is 24.1. The molecule has 0 aliphatic heterocycles. The van der Waals surface area contributed by atoms with Crippen LogP contribution in [-0.4, -0.2) is 17.8 Å². The van der Waals surface area contributed by atoms with E-state index < -0.39 is 0 Å². The molecule has 0 aromatic carbocycles. The van der Waals surface area contributed by atoms with Crippen LogP contribution in [-0.2, 0) is 4.79 Å². The van der Waals surface area contributed by atoms with Gasteiger partial charge in [-0.05, 0) is 37.0 Å². The Labute approximate surface area is 132 Å². The van der Waals surface area contributed by atoms with E-state index in [0.717, 1.165) is 18.3 Å². The van der Waals surface area contributed by atoms with Crippen LogP contribution in [0.2, 0.25) is 0 Å². The van der Waals surface area contributed by atoms with Crippen LogP contribution in [0.25, 0.3) is 0 Å². The van der Waals surface area contributed by atoms with E-state index in [2.05, 4.69) is 21.2 Å². The Morgan fingerprint density at radius 3 is 2.20 bits per heavy atom. The van der Waals surface area contributed by atoms with Crippen molar-refractivity contribution in [3.05, 3.63) is 0 Å². The zero-order valence-electron chi connectivity index (χ0n) is 12.8. The van der Waals surface area contributed by atoms with Crippen molar-refractivity contribution in [3.63, 3.8) is 0 Å². The van der Waals surface area contributed by atoms with Crippen molar-refractivity contribution >= 4 is 21.8 Å². The lowest BCUT2D eigenvalue weighted by molar-refractivity contribution is -0.122. The molecular weight excluding hydrogens is 314 g/mol. The SMILES string of the molecule is O=C(CC1CCCCCC1)NCC1(CBr)CCCCC1. The summed E-state index contributed by atoms with van der Waals surface area (Å²) in [4.78, 5) is 12.2. The molecule has 0 atom stereocenters. The van der Waals surface area contributed by atoms with E-state index in [-0.39, 0.29) is 0 Å². The van der Waals surface area contributed by atoms with Crippen LogP contribution < -0.4 is 5.32 Å². The quantitative estimate of drug-likeness (QED) is 0.563. The van der Waals surface area contributed by atoms with Gasteiger partial charge >= 0.3 is 0 Å². The zero-order valence-corrected chi connectivity index (χ0v) is 14.3. The molecule has 0 saturated heterocycles. The minimum absolute atomic E-state index is 0.294. The van der Waals surface area contributed by atoms with E-state index >= 15 is 0 Å². The molecule has 2 saturated carbocycles. The van der Waals surface area contributed by atoms with Crippen molar-refractivity contribution in [2.24, 2.45) is 11.3 Å². The summed E-state index contributed by atoms with van der Waals surface area (Å²) < 4.78 is 0. The fourth-order valence-corrected chi connectivity index (χ4v) is 4.61. The molecule has 2 aliphatic carbocycles. The van der Waals surface area contributed by atoms with Gasteiger partial charge in [-0.3, -0.25) is 4.79 Å². The molecule has 2 fully saturated rings. The van der Waals surface area contributed by atoms with Crippen LogP contribution in [0.3, 0.4) is 0 Å². The minimum Gasteiger partial charge on any atom is -0.356 e. The van der Waals surface area contributed by atoms with Gasteiger partial charge in [0.15, 0.2) is 0 Å². The molecule has 1 N–H and O–H groups in total. The lowest BCUT2D eigenvalue weighted by Crippen LogP contribution is -2.40. The highest BCUT2D eigenvalue weighted by molar-refractivity contribution is 9.09. The highest BCUT2D eigenvalue weighted by Crippen LogP contribution is 2.37. The van der Waals surface area contributed by atoms with Crippen LogP contribution in [0.15, 0.2) is 0 Å². The van der Waals surface area contributed by atoms with Gasteiger partial charge in [0, 0.05) is 18.3 Å². The molecule has 20 heavy (non-hydrogen) atoms. The van der Waals surface area contributed by atoms with Crippen LogP contribution in [0.5, 0.6) is 0 Å². The summed E-state index contributed by atoms with van der Waals surface area (Å²) in [6, 6.07) is 0. The molecule has 0 unspecified atom stereocenters. The van der Waals surface area contributed by atoms with E-state index in [0.29, 0.717) is 17.2 Å². The Balaban J connectivity index is 1.73. The molecule has 2 rings (SSSR count). The van der Waals surface area contributed by atoms with E-state index in [1.54, 1.807) is 0 Å². The first-order valence-corrected chi connectivity index (χ1v) is 9.69. The maximum Gasteiger partial charge on any atom is 0.220 e. The Hall–Kier alpha value is -0.0500. The monoisotopic (exact) mass is 343 g/mol. The van der Waals surface area contributed by atoms with Gasteiger partial charge in [0.2, 0.25) is 5.91 Å². The Morgan fingerprint density at radius 2 is 1.60 bits per heavy atom. The first-order chi connectivity index (χ1) is 9.74. The molecule has 0 aromatic heterocycles. The number of carbonyl (C=O) groups is 1. The number of nitrogens with one attached hydrogen (secondary N) is 1. The number of halogens is 1. The van der Waals surface area contributed by atoms with Gasteiger partial charge in [-0.1, -0.05) is 60.9 Å². The maximum atomic E-state index is 12.2. The topological polar surface area (TPSA) is 29.1 Å². The van der Waals surface area contributed by atoms with Gasteiger partial charge in [0.25, 0.3) is 0 Å². The van der Waals surface area contributed by atoms with Crippen molar-refractivity contribution in [1.82, 2.24) is 5.32 Å². The third-order valence-electron chi connectivity index (χ3n) is 5.31. The number of carbonyl (C=O) groups excluding carboxylic acids is 1. The van der Waals surface area contributed by atoms with Gasteiger partial charge < -0.3 is 5.32 Å². The number of alkyl halides is 1. The zero-order chi connectivity index (χ0) is 14.3. The second-order valence-corrected chi connectivity index (χ2v) is 7.59. The third kappa shape index (κ3) is 5.05. The minimum atomic E-state index is 0.294. The Kier molecular flexibility index (Phi) is 6.86. The van der Waals surface area contributed by atoms with Crippen LogP contribution >= 0.6 is 15.9 Å². The molecule has 0 bridgehead atoms. The first-order valence-electron chi connectivity index (χ1n) is 8.57. The smallest absolute Gasteiger partial charge is 0.220 e. The average molecular weight is 344 g/mol. The van der Waals surface area contributed by atoms with Crippen molar-refractivity contribution in [2.45, 2.75) is 77.0 Å². The largest absolute Gasteiger partial charge is 0.356 e. The van der Waals surface area contributed by atoms with E-state index in [4.69, 9.17) is 0 Å². The molecular formula is C17H30BrNO. The summed E-state index contributed by atoms with van der Waals surface area (Å²) in [5.41, 5.74) is 0.331. The molecule has 3 heteroatoms. The van der Waals surface area contributed by atoms with E-state index in [1.807, 2.05) is 0 Å². The molecule has 0 heterocycles. The highest BCUT2D eigenvalue weighted by Gasteiger charge is 2.31. The fraction of sp³-hybridized carbons (Fsp3) is 0.941. The van der Waals surface area contributed by atoms with Crippen LogP contribution in [0.4, 0.5) is 0 Å². The number of amides is 1. The number of hydrogen-bond acceptors (Lipinski definition) is 1. The highest BCUT2D eigenvalue weighted by atomic mass is 79.9. The van der Waals surface area contributed by atoms with Crippen LogP contribution in [0.1, 0.15) is 77.0 Å². The van der Waals surface area contributed by atoms with Gasteiger partial charge in [-0.2, -0.15) is 0 Å². The van der Waals surface area contributed by atoms with Gasteiger partial charge in [-0.15, -0.1) is 0 Å². The van der Waals surface area contributed by atoms with E-state index in [9.17, 15) is 4.79 Å². The predicted octanol–water partition coefficient (Wildman–Crippen LogP) is 4.81. The van der Waals surface area contributed by atoms with Gasteiger partial charge in [-0.25, -0.2) is 0 Å². The number of rotatable bonds is 5. The predicted molar refractivity (Wildman–Crippen MR) is 88.1 cm³/mol. The first kappa shape index (κ1) is 16.3. The maximum absolute atomic E-state index is 12.2. The standard InChI is InChI=1S/C17H30BrNO/c18-13-17(10-6-3-7-11-17)14-19-16(20)12-15-8-4-1-2-5-9-15/h15H,1-14H2,(H,19,20). The Morgan fingerprint density at radius 1 is 1.00 bits per heavy atom. The summed E-state index contributed by atoms with van der Waals surface area (Å²) in [6.45, 7) is 0.879. The summed E-state index contributed by atoms with van der Waals surface area (Å²) >= 11 is 3.68. The third-order valence-corrected chi connectivity index (χ3v) is 6.50. The molecule has 0 radical (unpaired) electrons. The number of hydrogen-bond donors (Lipinski definition) is 1. The Bertz CT molecular complexity index is 291. The fourth-order valence-electron chi connectivity index (χ4n) is 3.85. The van der Waals surface area contributed by atoms with Crippen molar-refractivity contribution in [1.29, 1.82) is 0 Å². The lowest BCUT2D eigenvalue weighted by Gasteiger charge is -2.36. The molecule has 1 amide bonds. The van der Waals surface area contributed by atoms with Crippen LogP contribution in [0, 0.1) is 11.3 Å². The molecule has 0 aromatic rings. The van der Waals surface area contributed by atoms with Gasteiger partial charge in [0.05, 0.1) is 0 Å². The van der Waals surface area contributed by atoms with Gasteiger partial charge in [0.1, 0.15) is 0 Å². The summed E-state index contributed by atoms with van der Waals surface area (Å²) in [5.74, 6) is 0.937. The summed E-state index contributed by atoms with van der Waals surface area (Å²) in [6.07, 6.45) is 15.2. The second kappa shape index (κ2) is 8.41. The van der Waals surface area contributed by atoms with Crippen molar-refractivity contribution < 1.29 is 4.79 Å². The molecule has 2 aliphatic rings. The lowest BCUT2D eigenvalue weighted by atomic mass is 9.75. The average Bonchev–Trinajstić information content (AvgIpc) is 2.75. The van der Waals surface area contributed by atoms with E-state index in [1.165, 1.54) is 70.6 Å². The van der Waals surface area contributed by atoms with Crippen molar-refractivity contribution in [3.8, 4) is 0 Å². The molecule has 2 nitrogen and oxygen atoms in total. The molecule has 0 spiro atoms. The van der Waals surface area contributed by atoms with Crippen molar-refractivity contribution in [2.75, 3.05) is 11.9 Å². The molecule has 116 valence electrons. The second-order valence-electron chi connectivity index (χ2n) is 7.03.